The van der Waals surface area contributed by atoms with Crippen LogP contribution < -0.4 is 4.74 Å². The number of hydrogen-bond donors (Lipinski definition) is 1. The Kier molecular flexibility index (Phi) is 3.04. The van der Waals surface area contributed by atoms with E-state index in [4.69, 9.17) is 9.72 Å². The van der Waals surface area contributed by atoms with Crippen molar-refractivity contribution in [1.29, 1.82) is 0 Å². The van der Waals surface area contributed by atoms with Crippen LogP contribution in [0.1, 0.15) is 34.8 Å². The number of nitrogens with zero attached hydrogens (tertiary/aromatic N) is 2. The van der Waals surface area contributed by atoms with Gasteiger partial charge in [0, 0.05) is 30.1 Å². The lowest BCUT2D eigenvalue weighted by Gasteiger charge is -2.36. The van der Waals surface area contributed by atoms with Gasteiger partial charge in [0.05, 0.1) is 24.3 Å². The van der Waals surface area contributed by atoms with Crippen molar-refractivity contribution in [3.8, 4) is 5.75 Å². The van der Waals surface area contributed by atoms with Crippen molar-refractivity contribution in [3.63, 3.8) is 0 Å². The van der Waals surface area contributed by atoms with E-state index in [9.17, 15) is 9.90 Å². The summed E-state index contributed by atoms with van der Waals surface area (Å²) in [4.78, 5) is 19.1. The van der Waals surface area contributed by atoms with E-state index in [1.54, 1.807) is 12.0 Å². The third kappa shape index (κ3) is 2.22. The van der Waals surface area contributed by atoms with Gasteiger partial charge in [-0.05, 0) is 37.1 Å². The van der Waals surface area contributed by atoms with Crippen LogP contribution in [0.5, 0.6) is 5.75 Å². The molecule has 0 atom stereocenters. The quantitative estimate of drug-likeness (QED) is 0.940. The average molecular weight is 298 g/mol. The molecule has 5 nitrogen and oxygen atoms in total. The summed E-state index contributed by atoms with van der Waals surface area (Å²) < 4.78 is 5.27. The number of carbonyl (C=O) groups excluding carboxylic acids is 1. The molecule has 4 rings (SSSR count). The standard InChI is InChI=1S/C17H18N2O3/c1-22-12-4-5-15-13(6-12)14(7-16(18-15)10-2-3-10)17(21)19-8-11(20)9-19/h4-7,10-11,20H,2-3,8-9H2,1H3. The fraction of sp³-hybridized carbons (Fsp3) is 0.412. The molecule has 2 fully saturated rings. The monoisotopic (exact) mass is 298 g/mol. The highest BCUT2D eigenvalue weighted by Gasteiger charge is 2.32. The molecule has 2 heterocycles. The molecule has 1 saturated carbocycles. The number of amides is 1. The zero-order valence-corrected chi connectivity index (χ0v) is 12.5. The fourth-order valence-corrected chi connectivity index (χ4v) is 2.91. The zero-order chi connectivity index (χ0) is 15.3. The molecule has 2 aliphatic rings. The van der Waals surface area contributed by atoms with E-state index >= 15 is 0 Å². The van der Waals surface area contributed by atoms with Gasteiger partial charge in [0.1, 0.15) is 5.75 Å². The maximum Gasteiger partial charge on any atom is 0.254 e. The first-order chi connectivity index (χ1) is 10.7. The molecular formula is C17H18N2O3. The number of aliphatic hydroxyl groups excluding tert-OH is 1. The molecule has 22 heavy (non-hydrogen) atoms. The van der Waals surface area contributed by atoms with Gasteiger partial charge in [0.25, 0.3) is 5.91 Å². The van der Waals surface area contributed by atoms with Gasteiger partial charge >= 0.3 is 0 Å². The van der Waals surface area contributed by atoms with Crippen molar-refractivity contribution in [3.05, 3.63) is 35.5 Å². The predicted molar refractivity (Wildman–Crippen MR) is 82.2 cm³/mol. The normalized spacial score (nSPS) is 18.4. The minimum absolute atomic E-state index is 0.0344. The zero-order valence-electron chi connectivity index (χ0n) is 12.5. The number of β-amino-alcohol motifs (C(OH)–C–C–N with tert-alkyl or cyclic N) is 1. The average Bonchev–Trinajstić information content (AvgIpc) is 3.34. The van der Waals surface area contributed by atoms with E-state index in [-0.39, 0.29) is 5.91 Å². The van der Waals surface area contributed by atoms with E-state index in [2.05, 4.69) is 0 Å². The van der Waals surface area contributed by atoms with Gasteiger partial charge in [0.2, 0.25) is 0 Å². The van der Waals surface area contributed by atoms with Crippen molar-refractivity contribution >= 4 is 16.8 Å². The molecule has 1 aliphatic heterocycles. The van der Waals surface area contributed by atoms with Gasteiger partial charge in [-0.15, -0.1) is 0 Å². The van der Waals surface area contributed by atoms with E-state index in [0.717, 1.165) is 29.4 Å². The highest BCUT2D eigenvalue weighted by Crippen LogP contribution is 2.40. The Balaban J connectivity index is 1.83. The summed E-state index contributed by atoms with van der Waals surface area (Å²) in [6.45, 7) is 0.816. The number of methoxy groups -OCH3 is 1. The molecule has 0 radical (unpaired) electrons. The van der Waals surface area contributed by atoms with E-state index < -0.39 is 6.10 Å². The van der Waals surface area contributed by atoms with Crippen molar-refractivity contribution in [1.82, 2.24) is 9.88 Å². The summed E-state index contributed by atoms with van der Waals surface area (Å²) >= 11 is 0. The van der Waals surface area contributed by atoms with Gasteiger partial charge in [-0.3, -0.25) is 9.78 Å². The van der Waals surface area contributed by atoms with Gasteiger partial charge in [-0.1, -0.05) is 0 Å². The van der Waals surface area contributed by atoms with Gasteiger partial charge in [-0.2, -0.15) is 0 Å². The van der Waals surface area contributed by atoms with E-state index in [0.29, 0.717) is 30.3 Å². The van der Waals surface area contributed by atoms with Crippen LogP contribution >= 0.6 is 0 Å². The first kappa shape index (κ1) is 13.5. The second kappa shape index (κ2) is 4.95. The lowest BCUT2D eigenvalue weighted by atomic mass is 10.0. The Morgan fingerprint density at radius 1 is 1.32 bits per heavy atom. The number of likely N-dealkylation sites (tertiary alicyclic amines) is 1. The van der Waals surface area contributed by atoms with Crippen LogP contribution in [-0.4, -0.2) is 47.2 Å². The highest BCUT2D eigenvalue weighted by molar-refractivity contribution is 6.07. The third-order valence-electron chi connectivity index (χ3n) is 4.41. The van der Waals surface area contributed by atoms with Crippen LogP contribution in [0.15, 0.2) is 24.3 Å². The summed E-state index contributed by atoms with van der Waals surface area (Å²) in [6, 6.07) is 7.56. The van der Waals surface area contributed by atoms with Crippen molar-refractivity contribution < 1.29 is 14.6 Å². The third-order valence-corrected chi connectivity index (χ3v) is 4.41. The first-order valence-corrected chi connectivity index (χ1v) is 7.62. The lowest BCUT2D eigenvalue weighted by Crippen LogP contribution is -2.53. The highest BCUT2D eigenvalue weighted by atomic mass is 16.5. The van der Waals surface area contributed by atoms with Crippen LogP contribution in [0, 0.1) is 0 Å². The van der Waals surface area contributed by atoms with E-state index in [1.165, 1.54) is 0 Å². The number of rotatable bonds is 3. The molecule has 114 valence electrons. The second-order valence-electron chi connectivity index (χ2n) is 6.12. The van der Waals surface area contributed by atoms with Crippen molar-refractivity contribution in [2.24, 2.45) is 0 Å². The summed E-state index contributed by atoms with van der Waals surface area (Å²) in [5.74, 6) is 1.17. The number of aromatic nitrogens is 1. The molecule has 5 heteroatoms. The number of hydrogen-bond acceptors (Lipinski definition) is 4. The largest absolute Gasteiger partial charge is 0.497 e. The Morgan fingerprint density at radius 2 is 2.09 bits per heavy atom. The van der Waals surface area contributed by atoms with Gasteiger partial charge in [0.15, 0.2) is 0 Å². The molecule has 1 saturated heterocycles. The van der Waals surface area contributed by atoms with Crippen LogP contribution in [0.25, 0.3) is 10.9 Å². The SMILES string of the molecule is COc1ccc2nc(C3CC3)cc(C(=O)N3CC(O)C3)c2c1. The van der Waals surface area contributed by atoms with Crippen molar-refractivity contribution in [2.75, 3.05) is 20.2 Å². The summed E-state index contributed by atoms with van der Waals surface area (Å²) in [5, 5.41) is 10.3. The lowest BCUT2D eigenvalue weighted by molar-refractivity contribution is 0.00602. The minimum Gasteiger partial charge on any atom is -0.497 e. The number of fused-ring (bicyclic) bond motifs is 1. The Morgan fingerprint density at radius 3 is 2.73 bits per heavy atom. The molecule has 0 bridgehead atoms. The number of pyridine rings is 1. The Labute approximate surface area is 128 Å². The summed E-state index contributed by atoms with van der Waals surface area (Å²) in [5.41, 5.74) is 2.49. The van der Waals surface area contributed by atoms with Crippen molar-refractivity contribution in [2.45, 2.75) is 24.9 Å². The maximum atomic E-state index is 12.7. The number of ether oxygens (including phenoxy) is 1. The van der Waals surface area contributed by atoms with Crippen LogP contribution in [0.2, 0.25) is 0 Å². The maximum absolute atomic E-state index is 12.7. The molecule has 0 unspecified atom stereocenters. The fourth-order valence-electron chi connectivity index (χ4n) is 2.91. The molecular weight excluding hydrogens is 280 g/mol. The van der Waals surface area contributed by atoms with Crippen LogP contribution in [0.4, 0.5) is 0 Å². The number of carbonyl (C=O) groups is 1. The van der Waals surface area contributed by atoms with Gasteiger partial charge in [-0.25, -0.2) is 0 Å². The molecule has 1 N–H and O–H groups in total. The molecule has 2 aromatic rings. The number of benzene rings is 1. The number of aliphatic hydroxyl groups is 1. The van der Waals surface area contributed by atoms with Crippen LogP contribution in [0.3, 0.4) is 0 Å². The predicted octanol–water partition coefficient (Wildman–Crippen LogP) is 1.94. The first-order valence-electron chi connectivity index (χ1n) is 7.62. The molecule has 1 aromatic carbocycles. The topological polar surface area (TPSA) is 62.7 Å². The molecule has 0 spiro atoms. The molecule has 1 aromatic heterocycles. The van der Waals surface area contributed by atoms with Gasteiger partial charge < -0.3 is 14.7 Å². The minimum atomic E-state index is -0.394. The Bertz CT molecular complexity index is 749. The van der Waals surface area contributed by atoms with E-state index in [1.807, 2.05) is 24.3 Å². The molecule has 1 amide bonds. The summed E-state index contributed by atoms with van der Waals surface area (Å²) in [7, 11) is 1.61. The van der Waals surface area contributed by atoms with Crippen LogP contribution in [-0.2, 0) is 0 Å². The second-order valence-corrected chi connectivity index (χ2v) is 6.12. The molecule has 1 aliphatic carbocycles. The smallest absolute Gasteiger partial charge is 0.254 e. The Hall–Kier alpha value is -2.14. The summed E-state index contributed by atoms with van der Waals surface area (Å²) in [6.07, 6.45) is 1.89.